The molecule has 0 spiro atoms. The quantitative estimate of drug-likeness (QED) is 0.659. The largest absolute Gasteiger partial charge is 0.345 e. The van der Waals surface area contributed by atoms with Crippen molar-refractivity contribution in [3.05, 3.63) is 0 Å². The Hall–Kier alpha value is -0.0500. The van der Waals surface area contributed by atoms with Crippen molar-refractivity contribution < 1.29 is 4.79 Å². The zero-order valence-electron chi connectivity index (χ0n) is 6.85. The third-order valence-corrected chi connectivity index (χ3v) is 2.49. The van der Waals surface area contributed by atoms with Crippen LogP contribution in [0.15, 0.2) is 0 Å². The summed E-state index contributed by atoms with van der Waals surface area (Å²) in [7, 11) is 1.89. The number of halogens is 1. The monoisotopic (exact) mass is 219 g/mol. The molecule has 0 atom stereocenters. The lowest BCUT2D eigenvalue weighted by molar-refractivity contribution is -0.131. The molecule has 0 aromatic rings. The topological polar surface area (TPSA) is 20.3 Å². The maximum atomic E-state index is 11.3. The van der Waals surface area contributed by atoms with Crippen LogP contribution in [0.3, 0.4) is 0 Å². The highest BCUT2D eigenvalue weighted by molar-refractivity contribution is 9.09. The Bertz CT molecular complexity index is 145. The Balaban J connectivity index is 2.16. The summed E-state index contributed by atoms with van der Waals surface area (Å²) in [4.78, 5) is 13.2. The maximum absolute atomic E-state index is 11.3. The van der Waals surface area contributed by atoms with E-state index in [2.05, 4.69) is 15.9 Å². The van der Waals surface area contributed by atoms with E-state index in [0.29, 0.717) is 11.8 Å². The van der Waals surface area contributed by atoms with Gasteiger partial charge in [0.1, 0.15) is 0 Å². The summed E-state index contributed by atoms with van der Waals surface area (Å²) >= 11 is 3.34. The summed E-state index contributed by atoms with van der Waals surface area (Å²) in [6.45, 7) is 0.889. The number of carbonyl (C=O) groups excluding carboxylic acids is 1. The van der Waals surface area contributed by atoms with Gasteiger partial charge in [0.25, 0.3) is 0 Å². The van der Waals surface area contributed by atoms with Crippen LogP contribution in [0.25, 0.3) is 0 Å². The lowest BCUT2D eigenvalue weighted by atomic mass is 10.3. The number of hydrogen-bond acceptors (Lipinski definition) is 1. The van der Waals surface area contributed by atoms with Gasteiger partial charge in [0.2, 0.25) is 5.91 Å². The van der Waals surface area contributed by atoms with Crippen molar-refractivity contribution in [2.24, 2.45) is 5.92 Å². The van der Waals surface area contributed by atoms with Crippen LogP contribution in [-0.2, 0) is 4.79 Å². The van der Waals surface area contributed by atoms with Crippen LogP contribution in [0.4, 0.5) is 0 Å². The first-order valence-corrected chi connectivity index (χ1v) is 5.19. The number of amides is 1. The van der Waals surface area contributed by atoms with Crippen molar-refractivity contribution in [3.63, 3.8) is 0 Å². The number of nitrogens with zero attached hydrogens (tertiary/aromatic N) is 1. The Morgan fingerprint density at radius 3 is 2.73 bits per heavy atom. The molecular formula is C8H14BrNO. The molecule has 0 bridgehead atoms. The van der Waals surface area contributed by atoms with E-state index in [1.165, 1.54) is 0 Å². The van der Waals surface area contributed by atoms with Crippen molar-refractivity contribution in [2.45, 2.75) is 19.3 Å². The van der Waals surface area contributed by atoms with Gasteiger partial charge in [0.15, 0.2) is 0 Å². The zero-order chi connectivity index (χ0) is 8.27. The molecule has 1 rings (SSSR count). The van der Waals surface area contributed by atoms with Gasteiger partial charge in [-0.1, -0.05) is 15.9 Å². The number of alkyl halides is 1. The fourth-order valence-corrected chi connectivity index (χ4v) is 1.30. The molecule has 1 fully saturated rings. The first kappa shape index (κ1) is 9.04. The molecule has 1 aliphatic rings. The summed E-state index contributed by atoms with van der Waals surface area (Å²) in [5, 5.41) is 0.981. The number of carbonyl (C=O) groups is 1. The molecule has 64 valence electrons. The summed E-state index contributed by atoms with van der Waals surface area (Å²) in [5.41, 5.74) is 0. The van der Waals surface area contributed by atoms with Gasteiger partial charge in [-0.25, -0.2) is 0 Å². The summed E-state index contributed by atoms with van der Waals surface area (Å²) in [5.74, 6) is 0.710. The van der Waals surface area contributed by atoms with Crippen LogP contribution < -0.4 is 0 Å². The van der Waals surface area contributed by atoms with Crippen LogP contribution in [0, 0.1) is 5.92 Å². The Morgan fingerprint density at radius 1 is 1.64 bits per heavy atom. The van der Waals surface area contributed by atoms with Gasteiger partial charge in [-0.15, -0.1) is 0 Å². The minimum Gasteiger partial charge on any atom is -0.345 e. The van der Waals surface area contributed by atoms with E-state index in [4.69, 9.17) is 0 Å². The van der Waals surface area contributed by atoms with E-state index >= 15 is 0 Å². The highest BCUT2D eigenvalue weighted by Crippen LogP contribution is 2.30. The number of hydrogen-bond donors (Lipinski definition) is 0. The second kappa shape index (κ2) is 4.10. The Morgan fingerprint density at radius 2 is 2.27 bits per heavy atom. The summed E-state index contributed by atoms with van der Waals surface area (Å²) in [6.07, 6.45) is 3.27. The maximum Gasteiger partial charge on any atom is 0.225 e. The SMILES string of the molecule is CN(CCCBr)C(=O)C1CC1. The van der Waals surface area contributed by atoms with E-state index in [0.717, 1.165) is 31.1 Å². The van der Waals surface area contributed by atoms with Crippen molar-refractivity contribution >= 4 is 21.8 Å². The predicted octanol–water partition coefficient (Wildman–Crippen LogP) is 1.64. The fourth-order valence-electron chi connectivity index (χ4n) is 1.05. The predicted molar refractivity (Wildman–Crippen MR) is 48.8 cm³/mol. The van der Waals surface area contributed by atoms with Gasteiger partial charge in [-0.3, -0.25) is 4.79 Å². The normalized spacial score (nSPS) is 16.5. The fraction of sp³-hybridized carbons (Fsp3) is 0.875. The van der Waals surface area contributed by atoms with Gasteiger partial charge in [0, 0.05) is 24.8 Å². The molecule has 3 heteroatoms. The summed E-state index contributed by atoms with van der Waals surface area (Å²) in [6, 6.07) is 0. The highest BCUT2D eigenvalue weighted by Gasteiger charge is 2.31. The molecule has 0 heterocycles. The van der Waals surface area contributed by atoms with E-state index in [-0.39, 0.29) is 0 Å². The minimum atomic E-state index is 0.339. The van der Waals surface area contributed by atoms with Crippen molar-refractivity contribution in [3.8, 4) is 0 Å². The molecule has 11 heavy (non-hydrogen) atoms. The molecule has 0 aliphatic heterocycles. The lowest BCUT2D eigenvalue weighted by Gasteiger charge is -2.15. The van der Waals surface area contributed by atoms with Crippen LogP contribution in [0.1, 0.15) is 19.3 Å². The third kappa shape index (κ3) is 2.81. The van der Waals surface area contributed by atoms with Crippen LogP contribution in [0.2, 0.25) is 0 Å². The van der Waals surface area contributed by atoms with E-state index in [1.807, 2.05) is 11.9 Å². The molecule has 1 aliphatic carbocycles. The molecule has 0 saturated heterocycles. The van der Waals surface area contributed by atoms with Gasteiger partial charge in [-0.2, -0.15) is 0 Å². The van der Waals surface area contributed by atoms with E-state index in [1.54, 1.807) is 0 Å². The van der Waals surface area contributed by atoms with E-state index in [9.17, 15) is 4.79 Å². The first-order chi connectivity index (χ1) is 5.25. The van der Waals surface area contributed by atoms with Crippen molar-refractivity contribution in [2.75, 3.05) is 18.9 Å². The van der Waals surface area contributed by atoms with Crippen molar-refractivity contribution in [1.82, 2.24) is 4.90 Å². The molecule has 0 radical (unpaired) electrons. The smallest absolute Gasteiger partial charge is 0.225 e. The average molecular weight is 220 g/mol. The minimum absolute atomic E-state index is 0.339. The molecule has 2 nitrogen and oxygen atoms in total. The van der Waals surface area contributed by atoms with Gasteiger partial charge in [0.05, 0.1) is 0 Å². The lowest BCUT2D eigenvalue weighted by Crippen LogP contribution is -2.29. The van der Waals surface area contributed by atoms with Gasteiger partial charge in [-0.05, 0) is 19.3 Å². The molecule has 0 unspecified atom stereocenters. The molecular weight excluding hydrogens is 206 g/mol. The first-order valence-electron chi connectivity index (χ1n) is 4.06. The molecule has 0 aromatic heterocycles. The molecule has 0 N–H and O–H groups in total. The Labute approximate surface area is 76.1 Å². The highest BCUT2D eigenvalue weighted by atomic mass is 79.9. The summed E-state index contributed by atoms with van der Waals surface area (Å²) < 4.78 is 0. The zero-order valence-corrected chi connectivity index (χ0v) is 8.43. The number of rotatable bonds is 4. The van der Waals surface area contributed by atoms with Crippen LogP contribution in [0.5, 0.6) is 0 Å². The van der Waals surface area contributed by atoms with Gasteiger partial charge < -0.3 is 4.90 Å². The van der Waals surface area contributed by atoms with Crippen LogP contribution in [-0.4, -0.2) is 29.7 Å². The standard InChI is InChI=1S/C8H14BrNO/c1-10(6-2-5-9)8(11)7-3-4-7/h7H,2-6H2,1H3. The second-order valence-electron chi connectivity index (χ2n) is 3.08. The molecule has 1 amide bonds. The molecule has 1 saturated carbocycles. The van der Waals surface area contributed by atoms with E-state index < -0.39 is 0 Å². The average Bonchev–Trinajstić information content (AvgIpc) is 2.81. The third-order valence-electron chi connectivity index (χ3n) is 1.93. The van der Waals surface area contributed by atoms with Gasteiger partial charge >= 0.3 is 0 Å². The second-order valence-corrected chi connectivity index (χ2v) is 3.87. The van der Waals surface area contributed by atoms with Crippen molar-refractivity contribution in [1.29, 1.82) is 0 Å². The van der Waals surface area contributed by atoms with Crippen LogP contribution >= 0.6 is 15.9 Å². The Kier molecular flexibility index (Phi) is 3.37. The molecule has 0 aromatic carbocycles.